The molecule has 53 heavy (non-hydrogen) atoms. The highest BCUT2D eigenvalue weighted by atomic mass is 16.3. The summed E-state index contributed by atoms with van der Waals surface area (Å²) in [4.78, 5) is 15.7. The van der Waals surface area contributed by atoms with E-state index >= 15 is 0 Å². The lowest BCUT2D eigenvalue weighted by Gasteiger charge is -2.46. The van der Waals surface area contributed by atoms with Gasteiger partial charge in [0.25, 0.3) is 0 Å². The molecule has 5 nitrogen and oxygen atoms in total. The van der Waals surface area contributed by atoms with E-state index in [4.69, 9.17) is 14.4 Å². The number of rotatable bonds is 4. The van der Waals surface area contributed by atoms with Crippen LogP contribution in [0.4, 0.5) is 11.4 Å². The fourth-order valence-corrected chi connectivity index (χ4v) is 8.85. The molecule has 2 unspecified atom stereocenters. The number of nitrogens with zero attached hydrogens (tertiary/aromatic N) is 4. The van der Waals surface area contributed by atoms with E-state index < -0.39 is 5.41 Å². The minimum absolute atomic E-state index is 0.185. The standard InChI is InChI=1S/C48H38N4O/c1-32-30-31-37-36-24-12-17-29-42(36)53-44(37)43(32)46-50-47(49-45(51(46)2)33-18-6-3-7-19-33)52-40-27-15-13-25-38(40)48(34-20-8-4-9-21-34,35-22-10-5-11-23-35)39-26-14-16-28-41(39)52/h3-29,31-32,45H,30H2,1-2H3. The van der Waals surface area contributed by atoms with Crippen LogP contribution in [0, 0.1) is 5.92 Å². The number of furan rings is 1. The Morgan fingerprint density at radius 3 is 1.83 bits per heavy atom. The van der Waals surface area contributed by atoms with Gasteiger partial charge in [0.1, 0.15) is 16.8 Å². The van der Waals surface area contributed by atoms with Gasteiger partial charge in [-0.15, -0.1) is 0 Å². The van der Waals surface area contributed by atoms with Crippen molar-refractivity contribution in [1.82, 2.24) is 4.90 Å². The summed E-state index contributed by atoms with van der Waals surface area (Å²) >= 11 is 0. The van der Waals surface area contributed by atoms with Crippen molar-refractivity contribution >= 4 is 45.8 Å². The lowest BCUT2D eigenvalue weighted by atomic mass is 9.62. The van der Waals surface area contributed by atoms with Crippen LogP contribution < -0.4 is 15.5 Å². The largest absolute Gasteiger partial charge is 0.456 e. The Bertz CT molecular complexity index is 2610. The Labute approximate surface area is 309 Å². The zero-order valence-electron chi connectivity index (χ0n) is 29.7. The predicted octanol–water partition coefficient (Wildman–Crippen LogP) is 9.34. The van der Waals surface area contributed by atoms with Crippen LogP contribution in [0.5, 0.6) is 0 Å². The maximum absolute atomic E-state index is 6.71. The molecule has 2 aliphatic heterocycles. The van der Waals surface area contributed by atoms with Gasteiger partial charge in [-0.2, -0.15) is 4.99 Å². The lowest BCUT2D eigenvalue weighted by molar-refractivity contribution is 0.381. The monoisotopic (exact) mass is 686 g/mol. The van der Waals surface area contributed by atoms with E-state index in [9.17, 15) is 0 Å². The number of hydrogen-bond acceptors (Lipinski definition) is 5. The second kappa shape index (κ2) is 12.3. The molecule has 256 valence electrons. The molecule has 0 N–H and O–H groups in total. The van der Waals surface area contributed by atoms with Crippen molar-refractivity contribution in [3.63, 3.8) is 0 Å². The van der Waals surface area contributed by atoms with Crippen LogP contribution in [-0.4, -0.2) is 23.7 Å². The summed E-state index contributed by atoms with van der Waals surface area (Å²) in [5.41, 5.74) is 10.3. The van der Waals surface area contributed by atoms with Crippen molar-refractivity contribution in [1.29, 1.82) is 0 Å². The highest BCUT2D eigenvalue weighted by molar-refractivity contribution is 6.24. The number of aliphatic imine (C=N–C) groups is 2. The smallest absolute Gasteiger partial charge is 0.234 e. The molecular weight excluding hydrogens is 649 g/mol. The van der Waals surface area contributed by atoms with Gasteiger partial charge in [0.15, 0.2) is 6.17 Å². The molecule has 6 aromatic carbocycles. The molecule has 7 aromatic rings. The van der Waals surface area contributed by atoms with Gasteiger partial charge >= 0.3 is 0 Å². The summed E-state index contributed by atoms with van der Waals surface area (Å²) in [6, 6.07) is 58.3. The lowest BCUT2D eigenvalue weighted by Crippen LogP contribution is -2.46. The third-order valence-electron chi connectivity index (χ3n) is 11.2. The van der Waals surface area contributed by atoms with Gasteiger partial charge in [0.2, 0.25) is 5.96 Å². The molecule has 1 aliphatic carbocycles. The van der Waals surface area contributed by atoms with Crippen LogP contribution in [0.2, 0.25) is 0 Å². The SMILES string of the molecule is CC1CC=c2c(oc3ccccc23)=C1C1=NC(N2c3ccccc3C(c3ccccc3)(c3ccccc3)c3ccccc32)=NC(c2ccccc2)N1C. The van der Waals surface area contributed by atoms with Gasteiger partial charge in [-0.05, 0) is 58.4 Å². The normalized spacial score (nSPS) is 18.7. The van der Waals surface area contributed by atoms with Crippen molar-refractivity contribution < 1.29 is 4.42 Å². The van der Waals surface area contributed by atoms with E-state index in [0.717, 1.165) is 56.4 Å². The van der Waals surface area contributed by atoms with Gasteiger partial charge in [-0.25, -0.2) is 4.99 Å². The first-order chi connectivity index (χ1) is 26.1. The number of benzene rings is 6. The van der Waals surface area contributed by atoms with Crippen LogP contribution in [0.15, 0.2) is 178 Å². The Kier molecular flexibility index (Phi) is 7.29. The maximum atomic E-state index is 6.71. The van der Waals surface area contributed by atoms with Gasteiger partial charge in [-0.3, -0.25) is 4.90 Å². The maximum Gasteiger partial charge on any atom is 0.234 e. The van der Waals surface area contributed by atoms with E-state index in [1.54, 1.807) is 0 Å². The summed E-state index contributed by atoms with van der Waals surface area (Å²) in [5.74, 6) is 1.71. The third kappa shape index (κ3) is 4.70. The van der Waals surface area contributed by atoms with E-state index in [1.165, 1.54) is 22.3 Å². The highest BCUT2D eigenvalue weighted by Gasteiger charge is 2.47. The first kappa shape index (κ1) is 31.3. The number of fused-ring (bicyclic) bond motifs is 5. The van der Waals surface area contributed by atoms with Gasteiger partial charge in [-0.1, -0.05) is 159 Å². The average Bonchev–Trinajstić information content (AvgIpc) is 3.60. The van der Waals surface area contributed by atoms with Gasteiger partial charge in [0.05, 0.1) is 16.8 Å². The molecular formula is C48H38N4O. The zero-order valence-corrected chi connectivity index (χ0v) is 29.7. The number of para-hydroxylation sites is 3. The second-order valence-corrected chi connectivity index (χ2v) is 14.2. The first-order valence-electron chi connectivity index (χ1n) is 18.4. The van der Waals surface area contributed by atoms with Gasteiger partial charge in [0, 0.05) is 23.2 Å². The van der Waals surface area contributed by atoms with Gasteiger partial charge < -0.3 is 9.32 Å². The molecule has 0 bridgehead atoms. The number of hydrogen-bond donors (Lipinski definition) is 0. The minimum atomic E-state index is -0.574. The van der Waals surface area contributed by atoms with Crippen molar-refractivity contribution in [2.45, 2.75) is 24.9 Å². The molecule has 0 amide bonds. The van der Waals surface area contributed by atoms with E-state index in [1.807, 2.05) is 6.07 Å². The van der Waals surface area contributed by atoms with Crippen molar-refractivity contribution in [3.8, 4) is 0 Å². The van der Waals surface area contributed by atoms with Crippen LogP contribution in [0.3, 0.4) is 0 Å². The second-order valence-electron chi connectivity index (χ2n) is 14.2. The summed E-state index contributed by atoms with van der Waals surface area (Å²) in [7, 11) is 2.12. The molecule has 10 rings (SSSR count). The van der Waals surface area contributed by atoms with E-state index in [0.29, 0.717) is 5.96 Å². The van der Waals surface area contributed by atoms with Crippen LogP contribution >= 0.6 is 0 Å². The summed E-state index contributed by atoms with van der Waals surface area (Å²) in [6.07, 6.45) is 2.91. The summed E-state index contributed by atoms with van der Waals surface area (Å²) in [6.45, 7) is 2.28. The van der Waals surface area contributed by atoms with Crippen molar-refractivity contribution in [2.75, 3.05) is 11.9 Å². The van der Waals surface area contributed by atoms with Crippen LogP contribution in [0.1, 0.15) is 47.3 Å². The number of guanidine groups is 1. The molecule has 5 heteroatoms. The third-order valence-corrected chi connectivity index (χ3v) is 11.2. The molecule has 1 aromatic heterocycles. The first-order valence-corrected chi connectivity index (χ1v) is 18.4. The number of anilines is 2. The summed E-state index contributed by atoms with van der Waals surface area (Å²) in [5, 5.41) is 2.28. The minimum Gasteiger partial charge on any atom is -0.456 e. The molecule has 0 radical (unpaired) electrons. The zero-order chi connectivity index (χ0) is 35.5. The Hall–Kier alpha value is -6.46. The quantitative estimate of drug-likeness (QED) is 0.185. The molecule has 0 saturated heterocycles. The van der Waals surface area contributed by atoms with Crippen molar-refractivity contribution in [2.24, 2.45) is 15.9 Å². The summed E-state index contributed by atoms with van der Waals surface area (Å²) < 4.78 is 6.71. The van der Waals surface area contributed by atoms with Crippen LogP contribution in [0.25, 0.3) is 22.6 Å². The average molecular weight is 687 g/mol. The fourth-order valence-electron chi connectivity index (χ4n) is 8.85. The Balaban J connectivity index is 1.27. The molecule has 0 spiro atoms. The molecule has 0 saturated carbocycles. The highest BCUT2D eigenvalue weighted by Crippen LogP contribution is 2.56. The molecule has 2 atom stereocenters. The predicted molar refractivity (Wildman–Crippen MR) is 216 cm³/mol. The Morgan fingerprint density at radius 1 is 0.642 bits per heavy atom. The molecule has 3 heterocycles. The fraction of sp³-hybridized carbons (Fsp3) is 0.125. The molecule has 0 fully saturated rings. The van der Waals surface area contributed by atoms with Crippen LogP contribution in [-0.2, 0) is 5.41 Å². The van der Waals surface area contributed by atoms with E-state index in [2.05, 4.69) is 188 Å². The van der Waals surface area contributed by atoms with E-state index in [-0.39, 0.29) is 12.1 Å². The number of amidine groups is 1. The Morgan fingerprint density at radius 2 is 1.19 bits per heavy atom. The van der Waals surface area contributed by atoms with Crippen molar-refractivity contribution in [3.05, 3.63) is 202 Å². The molecule has 3 aliphatic rings. The topological polar surface area (TPSA) is 44.3 Å².